The number of nitrogens with one attached hydrogen (secondary N) is 1. The first-order valence-corrected chi connectivity index (χ1v) is 8.42. The van der Waals surface area contributed by atoms with Gasteiger partial charge in [0, 0.05) is 11.7 Å². The molecule has 0 rings (SSSR count). The minimum absolute atomic E-state index is 0. The molecule has 0 aromatic carbocycles. The Bertz CT molecular complexity index is 351. The molecule has 0 fully saturated rings. The summed E-state index contributed by atoms with van der Waals surface area (Å²) < 4.78 is 31.7. The van der Waals surface area contributed by atoms with Crippen LogP contribution in [-0.4, -0.2) is 35.3 Å². The zero-order valence-corrected chi connectivity index (χ0v) is 15.9. The summed E-state index contributed by atoms with van der Waals surface area (Å²) in [4.78, 5) is 11.3. The van der Waals surface area contributed by atoms with Crippen molar-refractivity contribution in [2.45, 2.75) is 49.7 Å². The van der Waals surface area contributed by atoms with Crippen molar-refractivity contribution in [1.29, 1.82) is 0 Å². The number of thiol groups is 2. The molecule has 0 aliphatic rings. The fraction of sp³-hybridized carbons (Fsp3) is 0.900. The van der Waals surface area contributed by atoms with Gasteiger partial charge in [0.1, 0.15) is 15.5 Å². The fourth-order valence-corrected chi connectivity index (χ4v) is 2.43. The predicted octanol–water partition coefficient (Wildman–Crippen LogP) is -1.82. The van der Waals surface area contributed by atoms with Crippen molar-refractivity contribution < 1.29 is 47.3 Å². The van der Waals surface area contributed by atoms with Gasteiger partial charge in [-0.05, 0) is 31.9 Å². The summed E-state index contributed by atoms with van der Waals surface area (Å²) in [5.41, 5.74) is 0. The maximum Gasteiger partial charge on any atom is 1.00 e. The first-order valence-electron chi connectivity index (χ1n) is 5.80. The van der Waals surface area contributed by atoms with Crippen LogP contribution in [0.3, 0.4) is 0 Å². The van der Waals surface area contributed by atoms with Crippen LogP contribution in [0.1, 0.15) is 39.0 Å². The van der Waals surface area contributed by atoms with Crippen LogP contribution in [-0.2, 0) is 14.9 Å². The van der Waals surface area contributed by atoms with E-state index in [1.807, 2.05) is 0 Å². The fourth-order valence-electron chi connectivity index (χ4n) is 1.33. The number of unbranched alkanes of at least 4 members (excludes halogenated alkanes) is 1. The molecule has 1 amide bonds. The average Bonchev–Trinajstić information content (AvgIpc) is 2.23. The van der Waals surface area contributed by atoms with E-state index in [-0.39, 0.29) is 41.2 Å². The van der Waals surface area contributed by atoms with Crippen molar-refractivity contribution >= 4 is 41.3 Å². The van der Waals surface area contributed by atoms with Crippen LogP contribution in [0.5, 0.6) is 0 Å². The number of hydrogen-bond donors (Lipinski definition) is 3. The molecule has 0 aliphatic heterocycles. The average molecular weight is 337 g/mol. The van der Waals surface area contributed by atoms with Crippen LogP contribution in [0.15, 0.2) is 0 Å². The smallest absolute Gasteiger partial charge is 0.746 e. The van der Waals surface area contributed by atoms with E-state index in [0.29, 0.717) is 6.42 Å². The van der Waals surface area contributed by atoms with Crippen molar-refractivity contribution in [3.05, 3.63) is 0 Å². The van der Waals surface area contributed by atoms with Crippen molar-refractivity contribution in [1.82, 2.24) is 5.32 Å². The second-order valence-electron chi connectivity index (χ2n) is 4.11. The molecule has 0 radical (unpaired) electrons. The van der Waals surface area contributed by atoms with Gasteiger partial charge in [-0.25, -0.2) is 8.42 Å². The predicted molar refractivity (Wildman–Crippen MR) is 77.0 cm³/mol. The van der Waals surface area contributed by atoms with Crippen LogP contribution >= 0.6 is 25.3 Å². The zero-order valence-electron chi connectivity index (χ0n) is 11.3. The molecule has 0 saturated heterocycles. The van der Waals surface area contributed by atoms with Gasteiger partial charge in [-0.1, -0.05) is 6.42 Å². The minimum Gasteiger partial charge on any atom is -0.746 e. The van der Waals surface area contributed by atoms with Crippen molar-refractivity contribution in [2.75, 3.05) is 5.75 Å². The first-order chi connectivity index (χ1) is 8.27. The summed E-state index contributed by atoms with van der Waals surface area (Å²) in [7, 11) is -4.45. The molecule has 0 aliphatic carbocycles. The molecule has 19 heavy (non-hydrogen) atoms. The Morgan fingerprint density at radius 3 is 2.37 bits per heavy atom. The summed E-state index contributed by atoms with van der Waals surface area (Å²) in [6, 6.07) is 0. The van der Waals surface area contributed by atoms with Gasteiger partial charge in [0.2, 0.25) is 5.91 Å². The van der Waals surface area contributed by atoms with Crippen LogP contribution in [0.2, 0.25) is 0 Å². The van der Waals surface area contributed by atoms with Crippen molar-refractivity contribution in [3.63, 3.8) is 0 Å². The number of carbonyl (C=O) groups excluding carboxylic acids is 1. The van der Waals surface area contributed by atoms with Crippen LogP contribution in [0.25, 0.3) is 0 Å². The number of amides is 1. The molecular formula is C10H20NNaO4S3. The molecule has 2 unspecified atom stereocenters. The maximum absolute atomic E-state index is 11.3. The molecule has 0 aromatic rings. The van der Waals surface area contributed by atoms with Crippen LogP contribution in [0, 0.1) is 0 Å². The largest absolute Gasteiger partial charge is 1.00 e. The number of carbonyl (C=O) groups is 1. The third-order valence-corrected chi connectivity index (χ3v) is 4.21. The molecular weight excluding hydrogens is 317 g/mol. The Balaban J connectivity index is 0. The second kappa shape index (κ2) is 11.7. The van der Waals surface area contributed by atoms with Gasteiger partial charge >= 0.3 is 29.6 Å². The van der Waals surface area contributed by atoms with E-state index in [2.05, 4.69) is 30.6 Å². The third-order valence-electron chi connectivity index (χ3n) is 2.45. The normalized spacial score (nSPS) is 14.3. The molecule has 0 bridgehead atoms. The summed E-state index contributed by atoms with van der Waals surface area (Å²) in [6.45, 7) is 1.16. The Kier molecular flexibility index (Phi) is 13.8. The molecule has 9 heteroatoms. The minimum atomic E-state index is -4.45. The van der Waals surface area contributed by atoms with Gasteiger partial charge in [0.25, 0.3) is 0 Å². The first kappa shape index (κ1) is 22.4. The summed E-state index contributed by atoms with van der Waals surface area (Å²) in [6.07, 6.45) is 3.53. The Hall–Kier alpha value is 1.08. The Morgan fingerprint density at radius 2 is 1.89 bits per heavy atom. The Morgan fingerprint density at radius 1 is 1.32 bits per heavy atom. The zero-order chi connectivity index (χ0) is 14.2. The molecule has 0 heterocycles. The Labute approximate surface area is 148 Å². The molecule has 5 nitrogen and oxygen atoms in total. The van der Waals surface area contributed by atoms with Gasteiger partial charge in [0.15, 0.2) is 0 Å². The topological polar surface area (TPSA) is 86.3 Å². The van der Waals surface area contributed by atoms with E-state index in [1.54, 1.807) is 0 Å². The molecule has 0 saturated carbocycles. The summed E-state index contributed by atoms with van der Waals surface area (Å²) >= 11 is 8.46. The van der Waals surface area contributed by atoms with Gasteiger partial charge < -0.3 is 9.87 Å². The SMILES string of the molecule is CC(NC(=O)CCCCC(S)CCS)S(=O)(=O)[O-].[Na+]. The number of hydrogen-bond acceptors (Lipinski definition) is 6. The standard InChI is InChI=1S/C10H21NO4S3.Na/c1-8(18(13,14)15)11-10(12)5-3-2-4-9(17)6-7-16;/h8-9,16-17H,2-7H2,1H3,(H,11,12)(H,13,14,15);/q;+1/p-1. The molecule has 2 atom stereocenters. The third kappa shape index (κ3) is 12.5. The van der Waals surface area contributed by atoms with E-state index in [0.717, 1.165) is 31.9 Å². The van der Waals surface area contributed by atoms with E-state index >= 15 is 0 Å². The van der Waals surface area contributed by atoms with E-state index in [9.17, 15) is 17.8 Å². The summed E-state index contributed by atoms with van der Waals surface area (Å²) in [5.74, 6) is 0.375. The monoisotopic (exact) mass is 337 g/mol. The van der Waals surface area contributed by atoms with Gasteiger partial charge in [-0.3, -0.25) is 4.79 Å². The maximum atomic E-state index is 11.3. The molecule has 108 valence electrons. The van der Waals surface area contributed by atoms with Gasteiger partial charge in [-0.2, -0.15) is 25.3 Å². The van der Waals surface area contributed by atoms with Crippen molar-refractivity contribution in [2.24, 2.45) is 0 Å². The molecule has 1 N–H and O–H groups in total. The molecule has 0 aromatic heterocycles. The van der Waals surface area contributed by atoms with Crippen LogP contribution in [0.4, 0.5) is 0 Å². The number of rotatable bonds is 9. The van der Waals surface area contributed by atoms with E-state index in [4.69, 9.17) is 0 Å². The van der Waals surface area contributed by atoms with Crippen molar-refractivity contribution in [3.8, 4) is 0 Å². The van der Waals surface area contributed by atoms with E-state index in [1.165, 1.54) is 0 Å². The quantitative estimate of drug-likeness (QED) is 0.200. The van der Waals surface area contributed by atoms with Gasteiger partial charge in [-0.15, -0.1) is 0 Å². The second-order valence-corrected chi connectivity index (χ2v) is 6.98. The summed E-state index contributed by atoms with van der Waals surface area (Å²) in [5, 5.41) is 1.08. The van der Waals surface area contributed by atoms with E-state index < -0.39 is 21.4 Å². The molecule has 0 spiro atoms. The van der Waals surface area contributed by atoms with Crippen LogP contribution < -0.4 is 34.9 Å². The van der Waals surface area contributed by atoms with Gasteiger partial charge in [0.05, 0.1) is 0 Å².